The third-order valence-corrected chi connectivity index (χ3v) is 7.53. The Morgan fingerprint density at radius 3 is 2.79 bits per heavy atom. The number of hydrogen-bond acceptors (Lipinski definition) is 2. The molecular weight excluding hydrogens is 344 g/mol. The van der Waals surface area contributed by atoms with E-state index in [9.17, 15) is 4.79 Å². The van der Waals surface area contributed by atoms with Crippen molar-refractivity contribution >= 4 is 5.78 Å². The number of aryl methyl sites for hydroxylation is 2. The average Bonchev–Trinajstić information content (AvgIpc) is 3.02. The van der Waals surface area contributed by atoms with Gasteiger partial charge in [-0.2, -0.15) is 0 Å². The Morgan fingerprint density at radius 1 is 1.14 bits per heavy atom. The molecule has 0 aliphatic heterocycles. The molecular formula is C26H28O2. The van der Waals surface area contributed by atoms with Gasteiger partial charge in [0.15, 0.2) is 5.78 Å². The lowest BCUT2D eigenvalue weighted by Crippen LogP contribution is -2.42. The minimum absolute atomic E-state index is 0.146. The molecule has 144 valence electrons. The molecule has 1 saturated carbocycles. The van der Waals surface area contributed by atoms with Crippen LogP contribution in [0, 0.1) is 24.2 Å². The van der Waals surface area contributed by atoms with Gasteiger partial charge in [0.2, 0.25) is 0 Å². The summed E-state index contributed by atoms with van der Waals surface area (Å²) >= 11 is 0. The summed E-state index contributed by atoms with van der Waals surface area (Å²) < 4.78 is 6.17. The van der Waals surface area contributed by atoms with Gasteiger partial charge >= 0.3 is 0 Å². The molecule has 0 spiro atoms. The van der Waals surface area contributed by atoms with Crippen molar-refractivity contribution in [1.82, 2.24) is 0 Å². The second-order valence-corrected chi connectivity index (χ2v) is 9.11. The summed E-state index contributed by atoms with van der Waals surface area (Å²) in [4.78, 5) is 12.4. The van der Waals surface area contributed by atoms with E-state index in [1.807, 2.05) is 12.1 Å². The predicted molar refractivity (Wildman–Crippen MR) is 111 cm³/mol. The molecule has 0 aromatic heterocycles. The molecule has 0 N–H and O–H groups in total. The number of ether oxygens (including phenoxy) is 1. The van der Waals surface area contributed by atoms with Crippen LogP contribution in [0.1, 0.15) is 54.4 Å². The quantitative estimate of drug-likeness (QED) is 0.683. The smallest absolute Gasteiger partial charge is 0.161 e. The van der Waals surface area contributed by atoms with Gasteiger partial charge in [0.1, 0.15) is 12.4 Å². The number of ketones is 1. The van der Waals surface area contributed by atoms with Crippen LogP contribution in [0.3, 0.4) is 0 Å². The summed E-state index contributed by atoms with van der Waals surface area (Å²) in [5.41, 5.74) is 5.24. The molecule has 0 amide bonds. The first-order valence-electron chi connectivity index (χ1n) is 10.6. The van der Waals surface area contributed by atoms with Crippen LogP contribution < -0.4 is 4.74 Å². The van der Waals surface area contributed by atoms with Crippen LogP contribution in [0.4, 0.5) is 0 Å². The fourth-order valence-corrected chi connectivity index (χ4v) is 5.88. The number of fused-ring (bicyclic) bond motifs is 5. The zero-order valence-electron chi connectivity index (χ0n) is 16.8. The lowest BCUT2D eigenvalue weighted by atomic mass is 9.55. The molecule has 3 aliphatic rings. The molecule has 2 aromatic rings. The Kier molecular flexibility index (Phi) is 4.19. The van der Waals surface area contributed by atoms with Crippen LogP contribution in [0.15, 0.2) is 54.6 Å². The summed E-state index contributed by atoms with van der Waals surface area (Å²) in [6.07, 6.45) is 8.48. The highest BCUT2D eigenvalue weighted by atomic mass is 16.5. The van der Waals surface area contributed by atoms with Gasteiger partial charge in [-0.1, -0.05) is 49.4 Å². The lowest BCUT2D eigenvalue weighted by molar-refractivity contribution is -0.126. The fourth-order valence-electron chi connectivity index (χ4n) is 5.88. The Morgan fingerprint density at radius 2 is 1.96 bits per heavy atom. The zero-order chi connectivity index (χ0) is 19.3. The third-order valence-electron chi connectivity index (χ3n) is 7.53. The molecule has 2 aromatic carbocycles. The van der Waals surface area contributed by atoms with E-state index in [-0.39, 0.29) is 5.41 Å². The minimum Gasteiger partial charge on any atom is -0.489 e. The lowest BCUT2D eigenvalue weighted by Gasteiger charge is -2.48. The molecule has 1 fully saturated rings. The van der Waals surface area contributed by atoms with Crippen molar-refractivity contribution in [2.45, 2.75) is 52.1 Å². The first kappa shape index (κ1) is 17.7. The maximum absolute atomic E-state index is 12.4. The molecule has 0 heterocycles. The number of benzene rings is 2. The molecule has 2 heteroatoms. The van der Waals surface area contributed by atoms with Crippen LogP contribution in [0.25, 0.3) is 0 Å². The summed E-state index contributed by atoms with van der Waals surface area (Å²) in [7, 11) is 0. The Balaban J connectivity index is 1.40. The van der Waals surface area contributed by atoms with Crippen molar-refractivity contribution in [1.29, 1.82) is 0 Å². The van der Waals surface area contributed by atoms with Gasteiger partial charge in [0, 0.05) is 5.41 Å². The SMILES string of the molecule is Cc1cc2c(cc1OCc1ccccc1)CC[C@@H]1[C@@H]2CC[C@]2(C)C(=O)C=C[C@@H]12. The molecule has 0 radical (unpaired) electrons. The van der Waals surface area contributed by atoms with Crippen LogP contribution in [-0.2, 0) is 17.8 Å². The van der Waals surface area contributed by atoms with E-state index in [1.165, 1.54) is 28.7 Å². The molecule has 2 nitrogen and oxygen atoms in total. The van der Waals surface area contributed by atoms with Crippen molar-refractivity contribution in [2.24, 2.45) is 17.3 Å². The van der Waals surface area contributed by atoms with Crippen LogP contribution in [0.2, 0.25) is 0 Å². The van der Waals surface area contributed by atoms with Gasteiger partial charge in [-0.15, -0.1) is 0 Å². The minimum atomic E-state index is -0.146. The highest BCUT2D eigenvalue weighted by Crippen LogP contribution is 2.57. The van der Waals surface area contributed by atoms with Crippen molar-refractivity contribution in [3.05, 3.63) is 76.9 Å². The van der Waals surface area contributed by atoms with E-state index in [4.69, 9.17) is 4.74 Å². The zero-order valence-corrected chi connectivity index (χ0v) is 16.8. The van der Waals surface area contributed by atoms with Crippen molar-refractivity contribution in [2.75, 3.05) is 0 Å². The summed E-state index contributed by atoms with van der Waals surface area (Å²) in [5, 5.41) is 0. The van der Waals surface area contributed by atoms with Crippen LogP contribution >= 0.6 is 0 Å². The Hall–Kier alpha value is -2.35. The Bertz CT molecular complexity index is 942. The summed E-state index contributed by atoms with van der Waals surface area (Å²) in [5.74, 6) is 2.96. The Labute approximate surface area is 167 Å². The highest BCUT2D eigenvalue weighted by Gasteiger charge is 2.52. The van der Waals surface area contributed by atoms with Crippen molar-refractivity contribution < 1.29 is 9.53 Å². The second kappa shape index (κ2) is 6.62. The van der Waals surface area contributed by atoms with Gasteiger partial charge in [0.25, 0.3) is 0 Å². The molecule has 28 heavy (non-hydrogen) atoms. The number of carbonyl (C=O) groups is 1. The monoisotopic (exact) mass is 372 g/mol. The standard InChI is InChI=1S/C26H28O2/c1-17-14-22-19(15-24(17)28-16-18-6-4-3-5-7-18)8-9-21-20(22)12-13-26(2)23(21)10-11-25(26)27/h3-7,10-11,14-15,20-21,23H,8-9,12-13,16H2,1-2H3/t20-,21+,23-,26-/m0/s1. The number of hydrogen-bond donors (Lipinski definition) is 0. The molecule has 4 atom stereocenters. The fraction of sp³-hybridized carbons (Fsp3) is 0.423. The molecule has 3 aliphatic carbocycles. The summed E-state index contributed by atoms with van der Waals surface area (Å²) in [6, 6.07) is 15.0. The highest BCUT2D eigenvalue weighted by molar-refractivity contribution is 5.97. The van der Waals surface area contributed by atoms with Gasteiger partial charge in [-0.05, 0) is 84.8 Å². The normalized spacial score (nSPS) is 30.5. The largest absolute Gasteiger partial charge is 0.489 e. The maximum Gasteiger partial charge on any atom is 0.161 e. The number of allylic oxidation sites excluding steroid dienone is 2. The first-order chi connectivity index (χ1) is 13.6. The third kappa shape index (κ3) is 2.73. The van der Waals surface area contributed by atoms with Gasteiger partial charge in [-0.3, -0.25) is 4.79 Å². The first-order valence-corrected chi connectivity index (χ1v) is 10.6. The van der Waals surface area contributed by atoms with E-state index < -0.39 is 0 Å². The van der Waals surface area contributed by atoms with E-state index in [0.717, 1.165) is 25.0 Å². The summed E-state index contributed by atoms with van der Waals surface area (Å²) in [6.45, 7) is 4.97. The predicted octanol–water partition coefficient (Wildman–Crippen LogP) is 5.78. The second-order valence-electron chi connectivity index (χ2n) is 9.11. The molecule has 0 bridgehead atoms. The molecule has 0 unspecified atom stereocenters. The number of carbonyl (C=O) groups excluding carboxylic acids is 1. The van der Waals surface area contributed by atoms with Crippen molar-refractivity contribution in [3.63, 3.8) is 0 Å². The molecule has 0 saturated heterocycles. The topological polar surface area (TPSA) is 26.3 Å². The van der Waals surface area contributed by atoms with E-state index in [0.29, 0.717) is 30.1 Å². The molecule has 5 rings (SSSR count). The van der Waals surface area contributed by atoms with E-state index in [2.05, 4.69) is 56.3 Å². The average molecular weight is 373 g/mol. The van der Waals surface area contributed by atoms with Gasteiger partial charge in [-0.25, -0.2) is 0 Å². The van der Waals surface area contributed by atoms with E-state index >= 15 is 0 Å². The maximum atomic E-state index is 12.4. The number of rotatable bonds is 3. The van der Waals surface area contributed by atoms with Crippen LogP contribution in [-0.4, -0.2) is 5.78 Å². The van der Waals surface area contributed by atoms with Crippen molar-refractivity contribution in [3.8, 4) is 5.75 Å². The van der Waals surface area contributed by atoms with Gasteiger partial charge in [0.05, 0.1) is 0 Å². The van der Waals surface area contributed by atoms with Crippen LogP contribution in [0.5, 0.6) is 5.75 Å². The van der Waals surface area contributed by atoms with E-state index in [1.54, 1.807) is 0 Å². The van der Waals surface area contributed by atoms with Gasteiger partial charge < -0.3 is 4.74 Å².